The fourth-order valence-electron chi connectivity index (χ4n) is 2.03. The molecule has 0 fully saturated rings. The number of aryl methyl sites for hydroxylation is 2. The summed E-state index contributed by atoms with van der Waals surface area (Å²) in [4.78, 5) is 13.0. The maximum Gasteiger partial charge on any atom is 0.254 e. The van der Waals surface area contributed by atoms with Crippen molar-refractivity contribution >= 4 is 17.0 Å². The van der Waals surface area contributed by atoms with Crippen LogP contribution < -0.4 is 5.73 Å². The number of nitrogen functional groups attached to an aromatic ring is 1. The fraction of sp³-hybridized carbons (Fsp3) is 0.333. The summed E-state index contributed by atoms with van der Waals surface area (Å²) in [6.07, 6.45) is 1.67. The van der Waals surface area contributed by atoms with Crippen molar-refractivity contribution in [3.63, 3.8) is 0 Å². The summed E-state index contributed by atoms with van der Waals surface area (Å²) in [5, 5.41) is 4.45. The van der Waals surface area contributed by atoms with Crippen LogP contribution in [0.15, 0.2) is 6.33 Å². The quantitative estimate of drug-likeness (QED) is 0.704. The Morgan fingerprint density at radius 2 is 1.89 bits per heavy atom. The Balaban J connectivity index is 2.30. The van der Waals surface area contributed by atoms with E-state index in [1.165, 1.54) is 0 Å². The zero-order valence-corrected chi connectivity index (χ0v) is 11.3. The minimum absolute atomic E-state index is 0.366. The molecule has 0 amide bonds. The van der Waals surface area contributed by atoms with Gasteiger partial charge in [0.05, 0.1) is 12.0 Å². The van der Waals surface area contributed by atoms with Crippen molar-refractivity contribution in [2.24, 2.45) is 7.05 Å². The molecule has 0 aliphatic heterocycles. The van der Waals surface area contributed by atoms with Gasteiger partial charge in [0.1, 0.15) is 5.52 Å². The van der Waals surface area contributed by atoms with Gasteiger partial charge in [-0.2, -0.15) is 15.1 Å². The molecule has 3 aromatic rings. The Labute approximate surface area is 110 Å². The lowest BCUT2D eigenvalue weighted by atomic mass is 10.2. The van der Waals surface area contributed by atoms with Crippen LogP contribution >= 0.6 is 0 Å². The smallest absolute Gasteiger partial charge is 0.254 e. The van der Waals surface area contributed by atoms with Crippen LogP contribution in [0.2, 0.25) is 0 Å². The van der Waals surface area contributed by atoms with Crippen molar-refractivity contribution < 1.29 is 0 Å². The summed E-state index contributed by atoms with van der Waals surface area (Å²) in [5.74, 6) is 0.841. The third-order valence-electron chi connectivity index (χ3n) is 3.42. The summed E-state index contributed by atoms with van der Waals surface area (Å²) in [6.45, 7) is 5.98. The van der Waals surface area contributed by atoms with Crippen molar-refractivity contribution in [2.75, 3.05) is 5.73 Å². The molecular formula is C12H15N7. The number of nitrogens with two attached hydrogens (primary N) is 1. The summed E-state index contributed by atoms with van der Waals surface area (Å²) in [5.41, 5.74) is 10.4. The van der Waals surface area contributed by atoms with Crippen LogP contribution in [0.1, 0.15) is 17.0 Å². The van der Waals surface area contributed by atoms with E-state index >= 15 is 0 Å². The van der Waals surface area contributed by atoms with E-state index in [0.29, 0.717) is 22.9 Å². The minimum atomic E-state index is 0.366. The number of imidazole rings is 1. The number of nitrogens with zero attached hydrogens (tertiary/aromatic N) is 6. The number of anilines is 1. The van der Waals surface area contributed by atoms with Gasteiger partial charge in [0.15, 0.2) is 11.5 Å². The highest BCUT2D eigenvalue weighted by atomic mass is 15.4. The van der Waals surface area contributed by atoms with Gasteiger partial charge in [-0.25, -0.2) is 9.67 Å². The van der Waals surface area contributed by atoms with E-state index in [4.69, 9.17) is 5.73 Å². The number of aromatic nitrogens is 6. The minimum Gasteiger partial charge on any atom is -0.382 e. The van der Waals surface area contributed by atoms with Crippen LogP contribution in [-0.4, -0.2) is 29.3 Å². The van der Waals surface area contributed by atoms with E-state index in [9.17, 15) is 0 Å². The van der Waals surface area contributed by atoms with Gasteiger partial charge in [-0.05, 0) is 26.3 Å². The van der Waals surface area contributed by atoms with Crippen LogP contribution in [0.3, 0.4) is 0 Å². The van der Waals surface area contributed by atoms with Crippen molar-refractivity contribution in [2.45, 2.75) is 20.8 Å². The monoisotopic (exact) mass is 257 g/mol. The second kappa shape index (κ2) is 3.78. The molecule has 0 aliphatic rings. The van der Waals surface area contributed by atoms with Crippen LogP contribution in [-0.2, 0) is 7.05 Å². The lowest BCUT2D eigenvalue weighted by Gasteiger charge is -2.04. The first-order valence-corrected chi connectivity index (χ1v) is 5.96. The Morgan fingerprint density at radius 1 is 1.16 bits per heavy atom. The van der Waals surface area contributed by atoms with E-state index < -0.39 is 0 Å². The summed E-state index contributed by atoms with van der Waals surface area (Å²) in [6, 6.07) is 0. The Bertz CT molecular complexity index is 781. The van der Waals surface area contributed by atoms with Crippen molar-refractivity contribution in [3.8, 4) is 5.95 Å². The maximum absolute atomic E-state index is 5.93. The fourth-order valence-corrected chi connectivity index (χ4v) is 2.03. The lowest BCUT2D eigenvalue weighted by Crippen LogP contribution is -2.08. The van der Waals surface area contributed by atoms with E-state index in [0.717, 1.165) is 17.0 Å². The molecule has 0 saturated carbocycles. The topological polar surface area (TPSA) is 87.4 Å². The summed E-state index contributed by atoms with van der Waals surface area (Å²) in [7, 11) is 1.87. The van der Waals surface area contributed by atoms with Gasteiger partial charge in [-0.3, -0.25) is 0 Å². The highest BCUT2D eigenvalue weighted by Gasteiger charge is 2.15. The number of rotatable bonds is 1. The van der Waals surface area contributed by atoms with Gasteiger partial charge in [-0.15, -0.1) is 0 Å². The molecular weight excluding hydrogens is 242 g/mol. The van der Waals surface area contributed by atoms with Gasteiger partial charge in [0.25, 0.3) is 5.95 Å². The Kier molecular flexibility index (Phi) is 2.31. The molecule has 98 valence electrons. The number of fused-ring (bicyclic) bond motifs is 1. The average molecular weight is 257 g/mol. The average Bonchev–Trinajstić information content (AvgIpc) is 2.86. The molecule has 2 N–H and O–H groups in total. The first kappa shape index (κ1) is 11.6. The molecule has 0 aromatic carbocycles. The van der Waals surface area contributed by atoms with Gasteiger partial charge >= 0.3 is 0 Å². The predicted octanol–water partition coefficient (Wildman–Crippen LogP) is 1.06. The molecule has 0 spiro atoms. The van der Waals surface area contributed by atoms with Crippen LogP contribution in [0, 0.1) is 20.8 Å². The first-order valence-electron chi connectivity index (χ1n) is 5.96. The molecule has 0 aliphatic carbocycles. The molecule has 0 radical (unpaired) electrons. The number of hydrogen-bond donors (Lipinski definition) is 1. The highest BCUT2D eigenvalue weighted by molar-refractivity contribution is 5.82. The Morgan fingerprint density at radius 3 is 2.53 bits per heavy atom. The van der Waals surface area contributed by atoms with Crippen LogP contribution in [0.5, 0.6) is 0 Å². The van der Waals surface area contributed by atoms with E-state index in [1.54, 1.807) is 11.0 Å². The lowest BCUT2D eigenvalue weighted by molar-refractivity contribution is 0.775. The van der Waals surface area contributed by atoms with Crippen LogP contribution in [0.25, 0.3) is 17.1 Å². The molecule has 7 heteroatoms. The van der Waals surface area contributed by atoms with Crippen molar-refractivity contribution in [3.05, 3.63) is 23.3 Å². The number of hydrogen-bond acceptors (Lipinski definition) is 5. The van der Waals surface area contributed by atoms with Gasteiger partial charge in [-0.1, -0.05) is 0 Å². The second-order valence-corrected chi connectivity index (χ2v) is 4.64. The third-order valence-corrected chi connectivity index (χ3v) is 3.42. The molecule has 3 rings (SSSR count). The van der Waals surface area contributed by atoms with E-state index in [-0.39, 0.29) is 0 Å². The molecule has 0 saturated heterocycles. The summed E-state index contributed by atoms with van der Waals surface area (Å²) >= 11 is 0. The largest absolute Gasteiger partial charge is 0.382 e. The van der Waals surface area contributed by atoms with Gasteiger partial charge < -0.3 is 10.3 Å². The molecule has 3 aromatic heterocycles. The molecule has 3 heterocycles. The zero-order chi connectivity index (χ0) is 13.7. The Hall–Kier alpha value is -2.44. The summed E-state index contributed by atoms with van der Waals surface area (Å²) < 4.78 is 3.53. The predicted molar refractivity (Wildman–Crippen MR) is 72.0 cm³/mol. The molecule has 0 bridgehead atoms. The SMILES string of the molecule is Cc1nn(-c2nc(N)c3ncn(C)c3n2)c(C)c1C. The third kappa shape index (κ3) is 1.58. The van der Waals surface area contributed by atoms with Crippen molar-refractivity contribution in [1.29, 1.82) is 0 Å². The van der Waals surface area contributed by atoms with E-state index in [1.807, 2.05) is 32.4 Å². The zero-order valence-electron chi connectivity index (χ0n) is 11.3. The van der Waals surface area contributed by atoms with Gasteiger partial charge in [0.2, 0.25) is 0 Å². The maximum atomic E-state index is 5.93. The normalized spacial score (nSPS) is 11.4. The molecule has 0 unspecified atom stereocenters. The second-order valence-electron chi connectivity index (χ2n) is 4.64. The first-order chi connectivity index (χ1) is 8.99. The standard InChI is InChI=1S/C12H15N7/c1-6-7(2)17-19(8(6)3)12-15-10(13)9-11(16-12)18(4)5-14-9/h5H,1-4H3,(H2,13,15,16). The van der Waals surface area contributed by atoms with Gasteiger partial charge in [0, 0.05) is 12.7 Å². The van der Waals surface area contributed by atoms with E-state index in [2.05, 4.69) is 20.1 Å². The van der Waals surface area contributed by atoms with Crippen molar-refractivity contribution in [1.82, 2.24) is 29.3 Å². The molecule has 0 atom stereocenters. The highest BCUT2D eigenvalue weighted by Crippen LogP contribution is 2.19. The van der Waals surface area contributed by atoms with Crippen LogP contribution in [0.4, 0.5) is 5.82 Å². The molecule has 7 nitrogen and oxygen atoms in total. The molecule has 19 heavy (non-hydrogen) atoms.